The van der Waals surface area contributed by atoms with Crippen LogP contribution in [0.15, 0.2) is 6.07 Å². The van der Waals surface area contributed by atoms with Crippen LogP contribution in [0.5, 0.6) is 0 Å². The Morgan fingerprint density at radius 3 is 2.94 bits per heavy atom. The second-order valence-corrected chi connectivity index (χ2v) is 5.13. The number of aryl methyl sites for hydroxylation is 1. The second-order valence-electron chi connectivity index (χ2n) is 5.13. The molecule has 1 aromatic heterocycles. The molecule has 1 saturated heterocycles. The predicted octanol–water partition coefficient (Wildman–Crippen LogP) is 2.20. The molecular weight excluding hydrogens is 228 g/mol. The molecule has 100 valence electrons. The van der Waals surface area contributed by atoms with E-state index in [9.17, 15) is 0 Å². The van der Waals surface area contributed by atoms with Crippen LogP contribution in [0.2, 0.25) is 0 Å². The number of anilines is 2. The molecule has 1 atom stereocenters. The SMILES string of the molecule is CCCNc1nc(C)cc(NC2(C)CCOC2)n1. The third-order valence-corrected chi connectivity index (χ3v) is 3.04. The summed E-state index contributed by atoms with van der Waals surface area (Å²) < 4.78 is 5.44. The zero-order valence-corrected chi connectivity index (χ0v) is 11.4. The van der Waals surface area contributed by atoms with E-state index in [4.69, 9.17) is 4.74 Å². The molecule has 5 heteroatoms. The maximum absolute atomic E-state index is 5.44. The van der Waals surface area contributed by atoms with E-state index in [2.05, 4.69) is 34.4 Å². The highest BCUT2D eigenvalue weighted by Gasteiger charge is 2.29. The number of rotatable bonds is 5. The molecule has 0 aliphatic carbocycles. The van der Waals surface area contributed by atoms with Crippen LogP contribution in [0.4, 0.5) is 11.8 Å². The van der Waals surface area contributed by atoms with Crippen molar-refractivity contribution in [3.05, 3.63) is 11.8 Å². The summed E-state index contributed by atoms with van der Waals surface area (Å²) in [6, 6.07) is 1.97. The molecule has 0 amide bonds. The van der Waals surface area contributed by atoms with Crippen molar-refractivity contribution < 1.29 is 4.74 Å². The average molecular weight is 250 g/mol. The van der Waals surface area contributed by atoms with Crippen molar-refractivity contribution in [1.82, 2.24) is 9.97 Å². The van der Waals surface area contributed by atoms with Crippen molar-refractivity contribution in [3.8, 4) is 0 Å². The van der Waals surface area contributed by atoms with Crippen molar-refractivity contribution in [1.29, 1.82) is 0 Å². The molecule has 2 heterocycles. The fraction of sp³-hybridized carbons (Fsp3) is 0.692. The highest BCUT2D eigenvalue weighted by molar-refractivity contribution is 5.44. The molecule has 1 unspecified atom stereocenters. The largest absolute Gasteiger partial charge is 0.379 e. The zero-order valence-electron chi connectivity index (χ0n) is 11.4. The lowest BCUT2D eigenvalue weighted by atomic mass is 10.0. The summed E-state index contributed by atoms with van der Waals surface area (Å²) in [6.45, 7) is 8.71. The number of nitrogens with one attached hydrogen (secondary N) is 2. The van der Waals surface area contributed by atoms with Crippen molar-refractivity contribution in [2.24, 2.45) is 0 Å². The maximum Gasteiger partial charge on any atom is 0.224 e. The monoisotopic (exact) mass is 250 g/mol. The summed E-state index contributed by atoms with van der Waals surface area (Å²) in [5, 5.41) is 6.68. The Morgan fingerprint density at radius 2 is 2.28 bits per heavy atom. The van der Waals surface area contributed by atoms with Crippen LogP contribution < -0.4 is 10.6 Å². The van der Waals surface area contributed by atoms with Gasteiger partial charge in [-0.3, -0.25) is 0 Å². The Hall–Kier alpha value is -1.36. The van der Waals surface area contributed by atoms with Crippen LogP contribution in [0, 0.1) is 6.92 Å². The topological polar surface area (TPSA) is 59.1 Å². The summed E-state index contributed by atoms with van der Waals surface area (Å²) in [6.07, 6.45) is 2.07. The van der Waals surface area contributed by atoms with Gasteiger partial charge in [-0.2, -0.15) is 4.98 Å². The van der Waals surface area contributed by atoms with E-state index in [1.165, 1.54) is 0 Å². The molecule has 1 aliphatic rings. The molecule has 2 rings (SSSR count). The van der Waals surface area contributed by atoms with Crippen molar-refractivity contribution in [3.63, 3.8) is 0 Å². The minimum absolute atomic E-state index is 0.0111. The van der Waals surface area contributed by atoms with Gasteiger partial charge in [-0.25, -0.2) is 4.98 Å². The molecule has 0 spiro atoms. The molecule has 0 bridgehead atoms. The number of aromatic nitrogens is 2. The summed E-state index contributed by atoms with van der Waals surface area (Å²) in [7, 11) is 0. The van der Waals surface area contributed by atoms with E-state index in [1.807, 2.05) is 13.0 Å². The van der Waals surface area contributed by atoms with Gasteiger partial charge < -0.3 is 15.4 Å². The molecule has 18 heavy (non-hydrogen) atoms. The number of ether oxygens (including phenoxy) is 1. The van der Waals surface area contributed by atoms with E-state index >= 15 is 0 Å². The molecular formula is C13H22N4O. The van der Waals surface area contributed by atoms with Gasteiger partial charge >= 0.3 is 0 Å². The Balaban J connectivity index is 2.09. The van der Waals surface area contributed by atoms with Gasteiger partial charge in [-0.05, 0) is 26.7 Å². The summed E-state index contributed by atoms with van der Waals surface area (Å²) in [5.41, 5.74) is 0.955. The normalized spacial score (nSPS) is 23.1. The molecule has 0 radical (unpaired) electrons. The smallest absolute Gasteiger partial charge is 0.224 e. The van der Waals surface area contributed by atoms with Crippen LogP contribution in [0.1, 0.15) is 32.4 Å². The number of nitrogens with zero attached hydrogens (tertiary/aromatic N) is 2. The highest BCUT2D eigenvalue weighted by atomic mass is 16.5. The third kappa shape index (κ3) is 3.32. The van der Waals surface area contributed by atoms with Gasteiger partial charge in [-0.15, -0.1) is 0 Å². The molecule has 0 aromatic carbocycles. The first kappa shape index (κ1) is 13.1. The number of hydrogen-bond acceptors (Lipinski definition) is 5. The average Bonchev–Trinajstić information content (AvgIpc) is 2.72. The lowest BCUT2D eigenvalue weighted by Gasteiger charge is -2.24. The fourth-order valence-electron chi connectivity index (χ4n) is 2.02. The van der Waals surface area contributed by atoms with E-state index in [0.29, 0.717) is 5.95 Å². The summed E-state index contributed by atoms with van der Waals surface area (Å²) in [4.78, 5) is 8.87. The van der Waals surface area contributed by atoms with Gasteiger partial charge in [0.2, 0.25) is 5.95 Å². The van der Waals surface area contributed by atoms with Gasteiger partial charge in [0.05, 0.1) is 12.1 Å². The van der Waals surface area contributed by atoms with E-state index in [-0.39, 0.29) is 5.54 Å². The lowest BCUT2D eigenvalue weighted by Crippen LogP contribution is -2.35. The molecule has 1 aromatic rings. The first-order valence-corrected chi connectivity index (χ1v) is 6.57. The van der Waals surface area contributed by atoms with Gasteiger partial charge in [-0.1, -0.05) is 6.92 Å². The Morgan fingerprint density at radius 1 is 1.44 bits per heavy atom. The molecule has 1 aliphatic heterocycles. The quantitative estimate of drug-likeness (QED) is 0.839. The van der Waals surface area contributed by atoms with Gasteiger partial charge in [0.15, 0.2) is 0 Å². The number of hydrogen-bond donors (Lipinski definition) is 2. The highest BCUT2D eigenvalue weighted by Crippen LogP contribution is 2.23. The molecule has 0 saturated carbocycles. The van der Waals surface area contributed by atoms with Crippen LogP contribution >= 0.6 is 0 Å². The fourth-order valence-corrected chi connectivity index (χ4v) is 2.02. The van der Waals surface area contributed by atoms with Crippen molar-refractivity contribution in [2.75, 3.05) is 30.4 Å². The van der Waals surface area contributed by atoms with Crippen LogP contribution in [-0.2, 0) is 4.74 Å². The van der Waals surface area contributed by atoms with Gasteiger partial charge in [0.25, 0.3) is 0 Å². The summed E-state index contributed by atoms with van der Waals surface area (Å²) >= 11 is 0. The van der Waals surface area contributed by atoms with Crippen LogP contribution in [0.25, 0.3) is 0 Å². The van der Waals surface area contributed by atoms with E-state index in [0.717, 1.165) is 44.1 Å². The van der Waals surface area contributed by atoms with Crippen LogP contribution in [-0.4, -0.2) is 35.3 Å². The molecule has 2 N–H and O–H groups in total. The van der Waals surface area contributed by atoms with Crippen LogP contribution in [0.3, 0.4) is 0 Å². The minimum atomic E-state index is -0.0111. The Kier molecular flexibility index (Phi) is 4.01. The minimum Gasteiger partial charge on any atom is -0.379 e. The standard InChI is InChI=1S/C13H22N4O/c1-4-6-14-12-15-10(2)8-11(16-12)17-13(3)5-7-18-9-13/h8H,4-7,9H2,1-3H3,(H2,14,15,16,17). The van der Waals surface area contributed by atoms with Crippen molar-refractivity contribution >= 4 is 11.8 Å². The van der Waals surface area contributed by atoms with Gasteiger partial charge in [0, 0.05) is 24.9 Å². The van der Waals surface area contributed by atoms with E-state index in [1.54, 1.807) is 0 Å². The zero-order chi connectivity index (χ0) is 13.0. The van der Waals surface area contributed by atoms with E-state index < -0.39 is 0 Å². The Labute approximate surface area is 108 Å². The predicted molar refractivity (Wildman–Crippen MR) is 73.0 cm³/mol. The third-order valence-electron chi connectivity index (χ3n) is 3.04. The second kappa shape index (κ2) is 5.52. The molecule has 1 fully saturated rings. The summed E-state index contributed by atoms with van der Waals surface area (Å²) in [5.74, 6) is 1.57. The maximum atomic E-state index is 5.44. The first-order chi connectivity index (χ1) is 8.61. The lowest BCUT2D eigenvalue weighted by molar-refractivity contribution is 0.185. The Bertz CT molecular complexity index is 402. The first-order valence-electron chi connectivity index (χ1n) is 6.57. The molecule has 5 nitrogen and oxygen atoms in total. The van der Waals surface area contributed by atoms with Crippen molar-refractivity contribution in [2.45, 2.75) is 39.2 Å². The van der Waals surface area contributed by atoms with Gasteiger partial charge in [0.1, 0.15) is 5.82 Å².